The van der Waals surface area contributed by atoms with Gasteiger partial charge in [-0.15, -0.1) is 0 Å². The van der Waals surface area contributed by atoms with Crippen LogP contribution in [0.1, 0.15) is 12.8 Å². The van der Waals surface area contributed by atoms with Gasteiger partial charge < -0.3 is 10.2 Å². The van der Waals surface area contributed by atoms with Crippen molar-refractivity contribution in [3.05, 3.63) is 29.8 Å². The van der Waals surface area contributed by atoms with Crippen molar-refractivity contribution in [3.8, 4) is 0 Å². The average Bonchev–Trinajstić information content (AvgIpc) is 2.49. The van der Waals surface area contributed by atoms with Gasteiger partial charge in [0.25, 0.3) is 0 Å². The maximum atomic E-state index is 13.5. The van der Waals surface area contributed by atoms with Crippen LogP contribution in [-0.4, -0.2) is 55.3 Å². The molecule has 1 aliphatic heterocycles. The summed E-state index contributed by atoms with van der Waals surface area (Å²) in [4.78, 5) is 27.5. The first-order valence-electron chi connectivity index (χ1n) is 7.55. The second-order valence-electron chi connectivity index (χ2n) is 5.98. The second kappa shape index (κ2) is 7.50. The molecule has 1 N–H and O–H groups in total. The van der Waals surface area contributed by atoms with Gasteiger partial charge in [0.1, 0.15) is 11.6 Å². The number of amides is 2. The third-order valence-electron chi connectivity index (χ3n) is 3.87. The van der Waals surface area contributed by atoms with Gasteiger partial charge in [0.15, 0.2) is 0 Å². The minimum absolute atomic E-state index is 0.0469. The number of likely N-dealkylation sites (tertiary alicyclic amines) is 1. The number of carbonyl (C=O) groups is 2. The van der Waals surface area contributed by atoms with E-state index in [2.05, 4.69) is 5.32 Å². The topological polar surface area (TPSA) is 52.7 Å². The van der Waals surface area contributed by atoms with E-state index in [9.17, 15) is 18.4 Å². The number of rotatable bonds is 4. The Morgan fingerprint density at radius 3 is 2.74 bits per heavy atom. The van der Waals surface area contributed by atoms with Crippen LogP contribution < -0.4 is 5.32 Å². The first-order chi connectivity index (χ1) is 10.9. The van der Waals surface area contributed by atoms with Gasteiger partial charge in [0, 0.05) is 26.7 Å². The number of nitrogens with one attached hydrogen (secondary N) is 1. The Hall–Kier alpha value is -2.02. The highest BCUT2D eigenvalue weighted by molar-refractivity contribution is 5.92. The molecule has 1 unspecified atom stereocenters. The van der Waals surface area contributed by atoms with Crippen molar-refractivity contribution >= 4 is 17.5 Å². The van der Waals surface area contributed by atoms with Crippen molar-refractivity contribution in [2.24, 2.45) is 5.92 Å². The standard InChI is InChI=1S/C16H21F2N3O2/c1-20(2)16(23)11-4-3-7-21(9-11)10-15(22)19-14-6-5-12(17)8-13(14)18/h5-6,8,11H,3-4,7,9-10H2,1-2H3,(H,19,22). The quantitative estimate of drug-likeness (QED) is 0.917. The molecular formula is C16H21F2N3O2. The van der Waals surface area contributed by atoms with Crippen LogP contribution in [0.2, 0.25) is 0 Å². The molecule has 1 aromatic carbocycles. The van der Waals surface area contributed by atoms with E-state index in [4.69, 9.17) is 0 Å². The Balaban J connectivity index is 1.91. The van der Waals surface area contributed by atoms with E-state index in [1.807, 2.05) is 4.90 Å². The lowest BCUT2D eigenvalue weighted by molar-refractivity contribution is -0.135. The van der Waals surface area contributed by atoms with E-state index < -0.39 is 11.6 Å². The SMILES string of the molecule is CN(C)C(=O)C1CCCN(CC(=O)Nc2ccc(F)cc2F)C1. The lowest BCUT2D eigenvalue weighted by Crippen LogP contribution is -2.45. The van der Waals surface area contributed by atoms with Crippen LogP contribution in [0.25, 0.3) is 0 Å². The van der Waals surface area contributed by atoms with Crippen molar-refractivity contribution in [2.45, 2.75) is 12.8 Å². The minimum Gasteiger partial charge on any atom is -0.349 e. The van der Waals surface area contributed by atoms with E-state index in [1.165, 1.54) is 6.07 Å². The van der Waals surface area contributed by atoms with E-state index in [0.29, 0.717) is 6.54 Å². The van der Waals surface area contributed by atoms with Gasteiger partial charge in [-0.25, -0.2) is 8.78 Å². The predicted octanol–water partition coefficient (Wildman–Crippen LogP) is 1.70. The van der Waals surface area contributed by atoms with Crippen LogP contribution in [0, 0.1) is 17.6 Å². The number of hydrogen-bond acceptors (Lipinski definition) is 3. The highest BCUT2D eigenvalue weighted by atomic mass is 19.1. The van der Waals surface area contributed by atoms with Gasteiger partial charge in [-0.1, -0.05) is 0 Å². The van der Waals surface area contributed by atoms with Gasteiger partial charge in [-0.3, -0.25) is 14.5 Å². The summed E-state index contributed by atoms with van der Waals surface area (Å²) in [5, 5.41) is 2.43. The number of halogens is 2. The Kier molecular flexibility index (Phi) is 5.65. The maximum absolute atomic E-state index is 13.5. The van der Waals surface area contributed by atoms with E-state index >= 15 is 0 Å². The lowest BCUT2D eigenvalue weighted by Gasteiger charge is -2.32. The highest BCUT2D eigenvalue weighted by Crippen LogP contribution is 2.19. The predicted molar refractivity (Wildman–Crippen MR) is 82.8 cm³/mol. The van der Waals surface area contributed by atoms with Crippen molar-refractivity contribution in [3.63, 3.8) is 0 Å². The molecule has 5 nitrogen and oxygen atoms in total. The van der Waals surface area contributed by atoms with Crippen LogP contribution >= 0.6 is 0 Å². The van der Waals surface area contributed by atoms with Gasteiger partial charge >= 0.3 is 0 Å². The monoisotopic (exact) mass is 325 g/mol. The van der Waals surface area contributed by atoms with Crippen LogP contribution in [0.3, 0.4) is 0 Å². The molecule has 126 valence electrons. The van der Waals surface area contributed by atoms with Gasteiger partial charge in [0.05, 0.1) is 18.2 Å². The smallest absolute Gasteiger partial charge is 0.238 e. The summed E-state index contributed by atoms with van der Waals surface area (Å²) in [5.41, 5.74) is -0.0469. The maximum Gasteiger partial charge on any atom is 0.238 e. The molecule has 1 aromatic rings. The van der Waals surface area contributed by atoms with Crippen LogP contribution in [0.15, 0.2) is 18.2 Å². The fourth-order valence-electron chi connectivity index (χ4n) is 2.75. The molecule has 1 heterocycles. The Morgan fingerprint density at radius 2 is 2.09 bits per heavy atom. The van der Waals surface area contributed by atoms with Gasteiger partial charge in [-0.05, 0) is 31.5 Å². The van der Waals surface area contributed by atoms with E-state index in [-0.39, 0.29) is 30.0 Å². The van der Waals surface area contributed by atoms with Crippen molar-refractivity contribution in [2.75, 3.05) is 39.0 Å². The van der Waals surface area contributed by atoms with Crippen molar-refractivity contribution in [1.82, 2.24) is 9.80 Å². The molecule has 0 radical (unpaired) electrons. The number of piperidine rings is 1. The number of anilines is 1. The summed E-state index contributed by atoms with van der Waals surface area (Å²) in [6.07, 6.45) is 1.64. The zero-order chi connectivity index (χ0) is 17.0. The Bertz CT molecular complexity index is 593. The summed E-state index contributed by atoms with van der Waals surface area (Å²) >= 11 is 0. The third-order valence-corrected chi connectivity index (χ3v) is 3.87. The molecule has 0 saturated carbocycles. The molecule has 0 spiro atoms. The molecular weight excluding hydrogens is 304 g/mol. The Labute approximate surface area is 134 Å². The van der Waals surface area contributed by atoms with E-state index in [0.717, 1.165) is 31.5 Å². The van der Waals surface area contributed by atoms with Crippen LogP contribution in [0.5, 0.6) is 0 Å². The number of benzene rings is 1. The Morgan fingerprint density at radius 1 is 1.35 bits per heavy atom. The molecule has 23 heavy (non-hydrogen) atoms. The molecule has 0 bridgehead atoms. The summed E-state index contributed by atoms with van der Waals surface area (Å²) in [6, 6.07) is 3.00. The summed E-state index contributed by atoms with van der Waals surface area (Å²) in [5.74, 6) is -1.94. The molecule has 0 aliphatic carbocycles. The van der Waals surface area contributed by atoms with Gasteiger partial charge in [0.2, 0.25) is 11.8 Å². The first-order valence-corrected chi connectivity index (χ1v) is 7.55. The second-order valence-corrected chi connectivity index (χ2v) is 5.98. The highest BCUT2D eigenvalue weighted by Gasteiger charge is 2.27. The fraction of sp³-hybridized carbons (Fsp3) is 0.500. The molecule has 2 amide bonds. The fourth-order valence-corrected chi connectivity index (χ4v) is 2.75. The first kappa shape index (κ1) is 17.3. The summed E-state index contributed by atoms with van der Waals surface area (Å²) < 4.78 is 26.4. The van der Waals surface area contributed by atoms with Crippen molar-refractivity contribution in [1.29, 1.82) is 0 Å². The zero-order valence-corrected chi connectivity index (χ0v) is 13.3. The third kappa shape index (κ3) is 4.72. The summed E-state index contributed by atoms with van der Waals surface area (Å²) in [7, 11) is 3.43. The molecule has 1 atom stereocenters. The largest absolute Gasteiger partial charge is 0.349 e. The number of hydrogen-bond donors (Lipinski definition) is 1. The average molecular weight is 325 g/mol. The molecule has 7 heteroatoms. The zero-order valence-electron chi connectivity index (χ0n) is 13.3. The lowest BCUT2D eigenvalue weighted by atomic mass is 9.97. The van der Waals surface area contributed by atoms with Crippen LogP contribution in [0.4, 0.5) is 14.5 Å². The van der Waals surface area contributed by atoms with Crippen molar-refractivity contribution < 1.29 is 18.4 Å². The molecule has 1 fully saturated rings. The molecule has 1 saturated heterocycles. The minimum atomic E-state index is -0.808. The molecule has 0 aromatic heterocycles. The molecule has 2 rings (SSSR count). The van der Waals surface area contributed by atoms with Crippen LogP contribution in [-0.2, 0) is 9.59 Å². The normalized spacial score (nSPS) is 18.5. The molecule has 1 aliphatic rings. The van der Waals surface area contributed by atoms with E-state index in [1.54, 1.807) is 19.0 Å². The number of nitrogens with zero attached hydrogens (tertiary/aromatic N) is 2. The number of carbonyl (C=O) groups excluding carboxylic acids is 2. The van der Waals surface area contributed by atoms with Gasteiger partial charge in [-0.2, -0.15) is 0 Å². The summed E-state index contributed by atoms with van der Waals surface area (Å²) in [6.45, 7) is 1.31.